The van der Waals surface area contributed by atoms with E-state index in [-0.39, 0.29) is 6.10 Å². The van der Waals surface area contributed by atoms with Crippen molar-refractivity contribution in [1.29, 1.82) is 0 Å². The van der Waals surface area contributed by atoms with E-state index in [9.17, 15) is 4.79 Å². The van der Waals surface area contributed by atoms with Gasteiger partial charge in [-0.1, -0.05) is 22.6 Å². The zero-order valence-electron chi connectivity index (χ0n) is 6.62. The third-order valence-corrected chi connectivity index (χ3v) is 2.14. The summed E-state index contributed by atoms with van der Waals surface area (Å²) in [7, 11) is 0. The van der Waals surface area contributed by atoms with Crippen molar-refractivity contribution in [2.24, 2.45) is 0 Å². The highest BCUT2D eigenvalue weighted by Gasteiger charge is 2.24. The minimum absolute atomic E-state index is 0.202. The smallest absolute Gasteiger partial charge is 0.430 e. The maximum Gasteiger partial charge on any atom is 0.508 e. The SMILES string of the molecule is O=C1OCC(COCCCI)O1. The summed E-state index contributed by atoms with van der Waals surface area (Å²) in [6, 6.07) is 0. The van der Waals surface area contributed by atoms with Crippen molar-refractivity contribution in [1.82, 2.24) is 0 Å². The van der Waals surface area contributed by atoms with Crippen LogP contribution in [0.5, 0.6) is 0 Å². The average molecular weight is 286 g/mol. The highest BCUT2D eigenvalue weighted by molar-refractivity contribution is 14.1. The van der Waals surface area contributed by atoms with Crippen LogP contribution < -0.4 is 0 Å². The summed E-state index contributed by atoms with van der Waals surface area (Å²) in [5.41, 5.74) is 0. The van der Waals surface area contributed by atoms with Gasteiger partial charge >= 0.3 is 6.16 Å². The van der Waals surface area contributed by atoms with Crippen LogP contribution in [0, 0.1) is 0 Å². The zero-order valence-corrected chi connectivity index (χ0v) is 8.78. The number of rotatable bonds is 5. The number of carbonyl (C=O) groups excluding carboxylic acids is 1. The van der Waals surface area contributed by atoms with Gasteiger partial charge in [0.05, 0.1) is 6.61 Å². The molecular formula is C7H11IO4. The Morgan fingerprint density at radius 3 is 3.08 bits per heavy atom. The lowest BCUT2D eigenvalue weighted by atomic mass is 10.4. The first-order valence-corrected chi connectivity index (χ1v) is 5.32. The van der Waals surface area contributed by atoms with Gasteiger partial charge in [0, 0.05) is 11.0 Å². The second-order valence-corrected chi connectivity index (χ2v) is 3.50. The number of ether oxygens (including phenoxy) is 3. The fourth-order valence-corrected chi connectivity index (χ4v) is 1.13. The van der Waals surface area contributed by atoms with E-state index in [2.05, 4.69) is 27.3 Å². The van der Waals surface area contributed by atoms with Crippen molar-refractivity contribution in [3.8, 4) is 0 Å². The van der Waals surface area contributed by atoms with Crippen LogP contribution in [0.2, 0.25) is 0 Å². The Morgan fingerprint density at radius 1 is 1.67 bits per heavy atom. The van der Waals surface area contributed by atoms with Crippen molar-refractivity contribution < 1.29 is 19.0 Å². The largest absolute Gasteiger partial charge is 0.508 e. The summed E-state index contributed by atoms with van der Waals surface area (Å²) < 4.78 is 15.7. The van der Waals surface area contributed by atoms with E-state index in [4.69, 9.17) is 9.47 Å². The van der Waals surface area contributed by atoms with Gasteiger partial charge in [0.15, 0.2) is 6.10 Å². The molecule has 1 rings (SSSR count). The standard InChI is InChI=1S/C7H11IO4/c8-2-1-3-10-4-6-5-11-7(9)12-6/h6H,1-5H2. The summed E-state index contributed by atoms with van der Waals surface area (Å²) in [6.45, 7) is 1.49. The molecule has 0 aliphatic carbocycles. The number of carbonyl (C=O) groups is 1. The van der Waals surface area contributed by atoms with Crippen molar-refractivity contribution in [2.75, 3.05) is 24.2 Å². The normalized spacial score (nSPS) is 22.1. The van der Waals surface area contributed by atoms with E-state index < -0.39 is 6.16 Å². The molecular weight excluding hydrogens is 275 g/mol. The van der Waals surface area contributed by atoms with Crippen LogP contribution >= 0.6 is 22.6 Å². The topological polar surface area (TPSA) is 44.8 Å². The maximum atomic E-state index is 10.4. The Balaban J connectivity index is 1.97. The van der Waals surface area contributed by atoms with Gasteiger partial charge in [-0.05, 0) is 6.42 Å². The second kappa shape index (κ2) is 5.58. The van der Waals surface area contributed by atoms with Crippen molar-refractivity contribution in [3.63, 3.8) is 0 Å². The van der Waals surface area contributed by atoms with Gasteiger partial charge in [0.2, 0.25) is 0 Å². The molecule has 0 bridgehead atoms. The average Bonchev–Trinajstić information content (AvgIpc) is 2.45. The Bertz CT molecular complexity index is 150. The van der Waals surface area contributed by atoms with Crippen molar-refractivity contribution in [3.05, 3.63) is 0 Å². The van der Waals surface area contributed by atoms with E-state index in [0.717, 1.165) is 17.5 Å². The lowest BCUT2D eigenvalue weighted by Gasteiger charge is -2.06. The summed E-state index contributed by atoms with van der Waals surface area (Å²) in [5, 5.41) is 0. The highest BCUT2D eigenvalue weighted by atomic mass is 127. The first-order valence-electron chi connectivity index (χ1n) is 3.80. The van der Waals surface area contributed by atoms with Gasteiger partial charge in [0.1, 0.15) is 6.61 Å². The second-order valence-electron chi connectivity index (χ2n) is 2.42. The van der Waals surface area contributed by atoms with Crippen LogP contribution in [-0.2, 0) is 14.2 Å². The molecule has 1 aliphatic heterocycles. The molecule has 12 heavy (non-hydrogen) atoms. The fraction of sp³-hybridized carbons (Fsp3) is 0.857. The van der Waals surface area contributed by atoms with E-state index in [0.29, 0.717) is 13.2 Å². The first kappa shape index (κ1) is 10.0. The molecule has 1 unspecified atom stereocenters. The third-order valence-electron chi connectivity index (χ3n) is 1.38. The van der Waals surface area contributed by atoms with Crippen molar-refractivity contribution >= 4 is 28.7 Å². The summed E-state index contributed by atoms with van der Waals surface area (Å²) >= 11 is 2.29. The van der Waals surface area contributed by atoms with Gasteiger partial charge in [-0.15, -0.1) is 0 Å². The van der Waals surface area contributed by atoms with Crippen LogP contribution in [0.3, 0.4) is 0 Å². The van der Waals surface area contributed by atoms with E-state index >= 15 is 0 Å². The van der Waals surface area contributed by atoms with Gasteiger partial charge < -0.3 is 14.2 Å². The number of hydrogen-bond donors (Lipinski definition) is 0. The van der Waals surface area contributed by atoms with Crippen LogP contribution in [0.1, 0.15) is 6.42 Å². The van der Waals surface area contributed by atoms with Crippen LogP contribution in [0.4, 0.5) is 4.79 Å². The molecule has 4 nitrogen and oxygen atoms in total. The van der Waals surface area contributed by atoms with E-state index in [1.807, 2.05) is 0 Å². The first-order chi connectivity index (χ1) is 5.83. The molecule has 0 radical (unpaired) electrons. The van der Waals surface area contributed by atoms with Gasteiger partial charge in [0.25, 0.3) is 0 Å². The molecule has 1 fully saturated rings. The van der Waals surface area contributed by atoms with Crippen LogP contribution in [0.15, 0.2) is 0 Å². The lowest BCUT2D eigenvalue weighted by Crippen LogP contribution is -2.18. The molecule has 0 saturated carbocycles. The molecule has 0 spiro atoms. The number of hydrogen-bond acceptors (Lipinski definition) is 4. The molecule has 0 aromatic carbocycles. The number of halogens is 1. The van der Waals surface area contributed by atoms with Gasteiger partial charge in [-0.3, -0.25) is 0 Å². The minimum Gasteiger partial charge on any atom is -0.430 e. The molecule has 5 heteroatoms. The summed E-state index contributed by atoms with van der Waals surface area (Å²) in [5.74, 6) is 0. The molecule has 1 heterocycles. The number of alkyl halides is 1. The van der Waals surface area contributed by atoms with Crippen LogP contribution in [-0.4, -0.2) is 36.5 Å². The molecule has 0 aromatic heterocycles. The van der Waals surface area contributed by atoms with Crippen molar-refractivity contribution in [2.45, 2.75) is 12.5 Å². The van der Waals surface area contributed by atoms with Gasteiger partial charge in [-0.2, -0.15) is 0 Å². The molecule has 1 aliphatic rings. The third kappa shape index (κ3) is 3.57. The lowest BCUT2D eigenvalue weighted by molar-refractivity contribution is 0.0467. The quantitative estimate of drug-likeness (QED) is 0.331. The Morgan fingerprint density at radius 2 is 2.50 bits per heavy atom. The minimum atomic E-state index is -0.586. The van der Waals surface area contributed by atoms with Crippen LogP contribution in [0.25, 0.3) is 0 Å². The molecule has 0 N–H and O–H groups in total. The van der Waals surface area contributed by atoms with E-state index in [1.165, 1.54) is 0 Å². The number of cyclic esters (lactones) is 2. The van der Waals surface area contributed by atoms with E-state index in [1.54, 1.807) is 0 Å². The Hall–Kier alpha value is -0.0400. The molecule has 1 saturated heterocycles. The predicted molar refractivity (Wildman–Crippen MR) is 50.5 cm³/mol. The maximum absolute atomic E-state index is 10.4. The molecule has 0 aromatic rings. The highest BCUT2D eigenvalue weighted by Crippen LogP contribution is 2.06. The van der Waals surface area contributed by atoms with Gasteiger partial charge in [-0.25, -0.2) is 4.79 Å². The Kier molecular flexibility index (Phi) is 4.67. The predicted octanol–water partition coefficient (Wildman–Crippen LogP) is 1.36. The Labute approximate surface area is 84.7 Å². The fourth-order valence-electron chi connectivity index (χ4n) is 0.819. The molecule has 70 valence electrons. The molecule has 0 amide bonds. The zero-order chi connectivity index (χ0) is 8.81. The summed E-state index contributed by atoms with van der Waals surface area (Å²) in [4.78, 5) is 10.4. The summed E-state index contributed by atoms with van der Waals surface area (Å²) in [6.07, 6.45) is 0.242. The molecule has 1 atom stereocenters. The monoisotopic (exact) mass is 286 g/mol.